The monoisotopic (exact) mass is 372 g/mol. The van der Waals surface area contributed by atoms with Gasteiger partial charge in [0.1, 0.15) is 0 Å². The van der Waals surface area contributed by atoms with Crippen LogP contribution in [0.1, 0.15) is 55.8 Å². The molecule has 0 saturated heterocycles. The highest BCUT2D eigenvalue weighted by Crippen LogP contribution is 2.55. The fourth-order valence-electron chi connectivity index (χ4n) is 5.66. The summed E-state index contributed by atoms with van der Waals surface area (Å²) in [5.41, 5.74) is -0.258. The van der Waals surface area contributed by atoms with Crippen molar-refractivity contribution < 1.29 is 19.2 Å². The third kappa shape index (κ3) is 3.55. The Bertz CT molecular complexity index is 755. The predicted octanol–water partition coefficient (Wildman–Crippen LogP) is 3.23. The number of carbonyl (C=O) groups is 2. The molecule has 0 spiro atoms. The van der Waals surface area contributed by atoms with Gasteiger partial charge in [-0.1, -0.05) is 6.07 Å². The Kier molecular flexibility index (Phi) is 4.40. The second-order valence-electron chi connectivity index (χ2n) is 8.54. The molecule has 0 aliphatic heterocycles. The van der Waals surface area contributed by atoms with Crippen molar-refractivity contribution >= 4 is 17.6 Å². The lowest BCUT2D eigenvalue weighted by Gasteiger charge is -2.57. The van der Waals surface area contributed by atoms with E-state index in [1.807, 2.05) is 0 Å². The molecule has 5 rings (SSSR count). The number of non-ortho nitro benzene ring substituents is 1. The van der Waals surface area contributed by atoms with E-state index in [1.165, 1.54) is 37.5 Å². The van der Waals surface area contributed by atoms with Gasteiger partial charge in [0.2, 0.25) is 0 Å². The molecule has 144 valence electrons. The largest absolute Gasteiger partial charge is 0.449 e. The minimum Gasteiger partial charge on any atom is -0.449 e. The van der Waals surface area contributed by atoms with Gasteiger partial charge in [0.05, 0.1) is 10.5 Å². The lowest BCUT2D eigenvalue weighted by molar-refractivity contribution is -0.384. The lowest BCUT2D eigenvalue weighted by Crippen LogP contribution is -2.61. The number of ether oxygens (including phenoxy) is 1. The van der Waals surface area contributed by atoms with Crippen LogP contribution in [0.5, 0.6) is 0 Å². The van der Waals surface area contributed by atoms with Gasteiger partial charge >= 0.3 is 5.97 Å². The highest BCUT2D eigenvalue weighted by Gasteiger charge is 2.51. The van der Waals surface area contributed by atoms with Crippen molar-refractivity contribution in [1.82, 2.24) is 5.32 Å². The van der Waals surface area contributed by atoms with E-state index in [-0.39, 0.29) is 22.7 Å². The van der Waals surface area contributed by atoms with Crippen LogP contribution in [0.4, 0.5) is 5.69 Å². The summed E-state index contributed by atoms with van der Waals surface area (Å²) in [4.78, 5) is 35.2. The van der Waals surface area contributed by atoms with Crippen molar-refractivity contribution in [3.05, 3.63) is 39.9 Å². The van der Waals surface area contributed by atoms with Crippen LogP contribution in [0, 0.1) is 27.9 Å². The van der Waals surface area contributed by atoms with Crippen molar-refractivity contribution in [2.75, 3.05) is 0 Å². The first-order chi connectivity index (χ1) is 12.8. The smallest absolute Gasteiger partial charge is 0.339 e. The molecule has 1 atom stereocenters. The summed E-state index contributed by atoms with van der Waals surface area (Å²) in [7, 11) is 0. The number of carbonyl (C=O) groups excluding carboxylic acids is 2. The average molecular weight is 372 g/mol. The lowest BCUT2D eigenvalue weighted by atomic mass is 9.53. The van der Waals surface area contributed by atoms with Gasteiger partial charge in [-0.3, -0.25) is 14.9 Å². The maximum absolute atomic E-state index is 12.7. The molecule has 0 aromatic heterocycles. The zero-order valence-electron chi connectivity index (χ0n) is 15.3. The number of esters is 1. The molecule has 1 N–H and O–H groups in total. The summed E-state index contributed by atoms with van der Waals surface area (Å²) < 4.78 is 5.27. The molecule has 1 aromatic carbocycles. The summed E-state index contributed by atoms with van der Waals surface area (Å²) in [5.74, 6) is 1.11. The first-order valence-electron chi connectivity index (χ1n) is 9.61. The number of benzene rings is 1. The number of nitro groups is 1. The molecule has 4 aliphatic carbocycles. The summed E-state index contributed by atoms with van der Waals surface area (Å²) >= 11 is 0. The molecule has 7 nitrogen and oxygen atoms in total. The van der Waals surface area contributed by atoms with Crippen LogP contribution in [0.2, 0.25) is 0 Å². The van der Waals surface area contributed by atoms with Gasteiger partial charge in [-0.2, -0.15) is 0 Å². The zero-order chi connectivity index (χ0) is 19.2. The third-order valence-electron chi connectivity index (χ3n) is 6.37. The van der Waals surface area contributed by atoms with Crippen LogP contribution >= 0.6 is 0 Å². The van der Waals surface area contributed by atoms with Gasteiger partial charge < -0.3 is 10.1 Å². The Hall–Kier alpha value is -2.44. The number of rotatable bonds is 5. The van der Waals surface area contributed by atoms with Gasteiger partial charge in [-0.25, -0.2) is 4.79 Å². The molecule has 4 bridgehead atoms. The third-order valence-corrected chi connectivity index (χ3v) is 6.37. The summed E-state index contributed by atoms with van der Waals surface area (Å²) in [6.45, 7) is 1.55. The van der Waals surface area contributed by atoms with Crippen molar-refractivity contribution in [3.63, 3.8) is 0 Å². The Morgan fingerprint density at radius 1 is 1.19 bits per heavy atom. The number of nitrogens with zero attached hydrogens (tertiary/aromatic N) is 1. The SMILES string of the molecule is C[C@H](OC(=O)c1cccc([N+](=O)[O-])c1)C(=O)NC12CC3CC(CC(C3)C1)C2. The van der Waals surface area contributed by atoms with Gasteiger partial charge in [-0.15, -0.1) is 0 Å². The number of nitro benzene ring substituents is 1. The normalized spacial score (nSPS) is 32.0. The molecule has 0 unspecified atom stereocenters. The number of hydrogen-bond acceptors (Lipinski definition) is 5. The fraction of sp³-hybridized carbons (Fsp3) is 0.600. The van der Waals surface area contributed by atoms with Crippen molar-refractivity contribution in [1.29, 1.82) is 0 Å². The molecule has 7 heteroatoms. The zero-order valence-corrected chi connectivity index (χ0v) is 15.3. The van der Waals surface area contributed by atoms with Crippen molar-refractivity contribution in [2.45, 2.75) is 57.1 Å². The van der Waals surface area contributed by atoms with Crippen LogP contribution in [-0.4, -0.2) is 28.4 Å². The van der Waals surface area contributed by atoms with E-state index in [0.717, 1.165) is 25.3 Å². The van der Waals surface area contributed by atoms with Crippen LogP contribution in [0.15, 0.2) is 24.3 Å². The van der Waals surface area contributed by atoms with E-state index in [0.29, 0.717) is 17.8 Å². The van der Waals surface area contributed by atoms with Crippen molar-refractivity contribution in [3.8, 4) is 0 Å². The molecular formula is C20H24N2O5. The fourth-order valence-corrected chi connectivity index (χ4v) is 5.66. The van der Waals surface area contributed by atoms with E-state index in [2.05, 4.69) is 5.32 Å². The topological polar surface area (TPSA) is 98.5 Å². The minimum atomic E-state index is -0.940. The molecule has 1 amide bonds. The van der Waals surface area contributed by atoms with Crippen molar-refractivity contribution in [2.24, 2.45) is 17.8 Å². The Balaban J connectivity index is 1.39. The summed E-state index contributed by atoms with van der Waals surface area (Å²) in [6.07, 6.45) is 5.98. The molecular weight excluding hydrogens is 348 g/mol. The van der Waals surface area contributed by atoms with E-state index >= 15 is 0 Å². The molecule has 0 radical (unpaired) electrons. The molecule has 4 saturated carbocycles. The number of amides is 1. The molecule has 4 aliphatic rings. The first-order valence-corrected chi connectivity index (χ1v) is 9.61. The van der Waals surface area contributed by atoms with Gasteiger partial charge in [0, 0.05) is 17.7 Å². The number of nitrogens with one attached hydrogen (secondary N) is 1. The van der Waals surface area contributed by atoms with Gasteiger partial charge in [0.15, 0.2) is 6.10 Å². The quantitative estimate of drug-likeness (QED) is 0.486. The second kappa shape index (κ2) is 6.62. The Labute approximate surface area is 157 Å². The minimum absolute atomic E-state index is 0.0682. The highest BCUT2D eigenvalue weighted by molar-refractivity contribution is 5.92. The van der Waals surface area contributed by atoms with Crippen LogP contribution < -0.4 is 5.32 Å². The molecule has 0 heterocycles. The molecule has 1 aromatic rings. The highest BCUT2D eigenvalue weighted by atomic mass is 16.6. The summed E-state index contributed by atoms with van der Waals surface area (Å²) in [5, 5.41) is 14.0. The average Bonchev–Trinajstić information content (AvgIpc) is 2.60. The van der Waals surface area contributed by atoms with Gasteiger partial charge in [0.25, 0.3) is 11.6 Å². The standard InChI is InChI=1S/C20H24N2O5/c1-12(27-19(24)16-3-2-4-17(8-16)22(25)26)18(23)21-20-9-13-5-14(10-20)7-15(6-13)11-20/h2-4,8,12-15H,5-7,9-11H2,1H3,(H,21,23)/t12-,13?,14?,15?,20?/m0/s1. The van der Waals surface area contributed by atoms with E-state index < -0.39 is 17.0 Å². The predicted molar refractivity (Wildman–Crippen MR) is 97.0 cm³/mol. The number of hydrogen-bond donors (Lipinski definition) is 1. The Morgan fingerprint density at radius 3 is 2.33 bits per heavy atom. The second-order valence-corrected chi connectivity index (χ2v) is 8.54. The van der Waals surface area contributed by atoms with Crippen LogP contribution in [0.25, 0.3) is 0 Å². The maximum atomic E-state index is 12.7. The van der Waals surface area contributed by atoms with E-state index in [1.54, 1.807) is 6.92 Å². The van der Waals surface area contributed by atoms with E-state index in [4.69, 9.17) is 4.74 Å². The van der Waals surface area contributed by atoms with Gasteiger partial charge in [-0.05, 0) is 69.3 Å². The van der Waals surface area contributed by atoms with E-state index in [9.17, 15) is 19.7 Å². The van der Waals surface area contributed by atoms with Crippen LogP contribution in [0.3, 0.4) is 0 Å². The Morgan fingerprint density at radius 2 is 1.78 bits per heavy atom. The van der Waals surface area contributed by atoms with Crippen LogP contribution in [-0.2, 0) is 9.53 Å². The molecule has 4 fully saturated rings. The molecule has 27 heavy (non-hydrogen) atoms. The first kappa shape index (κ1) is 17.9. The summed E-state index contributed by atoms with van der Waals surface area (Å²) in [6, 6.07) is 5.33. The maximum Gasteiger partial charge on any atom is 0.339 e.